The van der Waals surface area contributed by atoms with Gasteiger partial charge in [-0.1, -0.05) is 30.3 Å². The third-order valence-corrected chi connectivity index (χ3v) is 3.31. The first-order chi connectivity index (χ1) is 12.0. The Morgan fingerprint density at radius 3 is 2.68 bits per heavy atom. The number of amides is 2. The molecule has 0 atom stereocenters. The lowest BCUT2D eigenvalue weighted by molar-refractivity contribution is -0.111. The van der Waals surface area contributed by atoms with Crippen LogP contribution in [-0.4, -0.2) is 23.9 Å². The summed E-state index contributed by atoms with van der Waals surface area (Å²) in [4.78, 5) is 28.4. The second-order valence-electron chi connectivity index (χ2n) is 4.81. The maximum absolute atomic E-state index is 12.6. The molecule has 2 aromatic rings. The number of methoxy groups -OCH3 is 1. The highest BCUT2D eigenvalue weighted by atomic mass is 35.5. The minimum atomic E-state index is -0.447. The molecule has 0 aliphatic rings. The van der Waals surface area contributed by atoms with Crippen molar-refractivity contribution >= 4 is 34.9 Å². The maximum Gasteiger partial charge on any atom is 0.259 e. The van der Waals surface area contributed by atoms with Crippen LogP contribution in [0.1, 0.15) is 10.4 Å². The fourth-order valence-corrected chi connectivity index (χ4v) is 2.02. The van der Waals surface area contributed by atoms with Crippen LogP contribution < -0.4 is 15.4 Å². The summed E-state index contributed by atoms with van der Waals surface area (Å²) < 4.78 is 5.14. The van der Waals surface area contributed by atoms with Crippen molar-refractivity contribution in [2.24, 2.45) is 0 Å². The van der Waals surface area contributed by atoms with Crippen LogP contribution in [0.4, 0.5) is 11.5 Å². The molecule has 0 bridgehead atoms. The van der Waals surface area contributed by atoms with Gasteiger partial charge in [-0.15, -0.1) is 0 Å². The lowest BCUT2D eigenvalue weighted by Crippen LogP contribution is -2.17. The Bertz CT molecular complexity index is 817. The highest BCUT2D eigenvalue weighted by Crippen LogP contribution is 2.23. The van der Waals surface area contributed by atoms with Gasteiger partial charge in [0.05, 0.1) is 23.4 Å². The Hall–Kier alpha value is -3.12. The number of nitrogens with zero attached hydrogens (tertiary/aromatic N) is 1. The summed E-state index contributed by atoms with van der Waals surface area (Å²) >= 11 is 5.78. The van der Waals surface area contributed by atoms with Crippen molar-refractivity contribution in [1.29, 1.82) is 0 Å². The first kappa shape index (κ1) is 18.2. The van der Waals surface area contributed by atoms with E-state index < -0.39 is 5.91 Å². The second-order valence-corrected chi connectivity index (χ2v) is 5.25. The predicted octanol–water partition coefficient (Wildman–Crippen LogP) is 3.68. The van der Waals surface area contributed by atoms with Gasteiger partial charge < -0.3 is 15.4 Å². The second kappa shape index (κ2) is 8.65. The summed E-state index contributed by atoms with van der Waals surface area (Å²) in [5, 5.41) is 5.74. The van der Waals surface area contributed by atoms with Crippen molar-refractivity contribution in [3.63, 3.8) is 0 Å². The monoisotopic (exact) mass is 357 g/mol. The predicted molar refractivity (Wildman–Crippen MR) is 98.2 cm³/mol. The molecular weight excluding hydrogens is 342 g/mol. The zero-order valence-corrected chi connectivity index (χ0v) is 14.2. The van der Waals surface area contributed by atoms with E-state index in [1.165, 1.54) is 37.6 Å². The van der Waals surface area contributed by atoms with E-state index >= 15 is 0 Å². The van der Waals surface area contributed by atoms with E-state index in [1.54, 1.807) is 24.3 Å². The van der Waals surface area contributed by atoms with Gasteiger partial charge in [0.25, 0.3) is 5.91 Å². The summed E-state index contributed by atoms with van der Waals surface area (Å²) in [6, 6.07) is 7.94. The van der Waals surface area contributed by atoms with E-state index in [0.29, 0.717) is 22.3 Å². The van der Waals surface area contributed by atoms with Gasteiger partial charge in [-0.2, -0.15) is 0 Å². The molecular formula is C18H16ClN3O3. The number of ether oxygens (including phenoxy) is 1. The maximum atomic E-state index is 12.6. The summed E-state index contributed by atoms with van der Waals surface area (Å²) in [5.74, 6) is -0.0182. The van der Waals surface area contributed by atoms with Crippen LogP contribution in [0.3, 0.4) is 0 Å². The van der Waals surface area contributed by atoms with Crippen LogP contribution in [0, 0.1) is 0 Å². The number of hydrogen-bond donors (Lipinski definition) is 2. The summed E-state index contributed by atoms with van der Waals surface area (Å²) in [6.45, 7) is 3.50. The molecule has 1 aromatic carbocycles. The number of benzene rings is 1. The van der Waals surface area contributed by atoms with Crippen molar-refractivity contribution in [3.8, 4) is 5.75 Å². The van der Waals surface area contributed by atoms with Gasteiger partial charge in [-0.05, 0) is 30.3 Å². The number of carbonyl (C=O) groups is 2. The average molecular weight is 358 g/mol. The van der Waals surface area contributed by atoms with Gasteiger partial charge in [-0.3, -0.25) is 9.59 Å². The van der Waals surface area contributed by atoms with Crippen LogP contribution in [0.5, 0.6) is 5.75 Å². The van der Waals surface area contributed by atoms with Crippen LogP contribution in [-0.2, 0) is 4.79 Å². The number of anilines is 2. The van der Waals surface area contributed by atoms with Crippen LogP contribution in [0.2, 0.25) is 5.02 Å². The zero-order valence-electron chi connectivity index (χ0n) is 13.5. The van der Waals surface area contributed by atoms with E-state index in [0.717, 1.165) is 0 Å². The molecule has 2 amide bonds. The van der Waals surface area contributed by atoms with E-state index in [1.807, 2.05) is 0 Å². The molecule has 2 rings (SSSR count). The number of allylic oxidation sites excluding steroid dienone is 2. The lowest BCUT2D eigenvalue weighted by Gasteiger charge is -2.12. The smallest absolute Gasteiger partial charge is 0.259 e. The molecule has 0 aliphatic heterocycles. The number of rotatable bonds is 6. The number of aromatic nitrogens is 1. The highest BCUT2D eigenvalue weighted by molar-refractivity contribution is 6.30. The van der Waals surface area contributed by atoms with E-state index in [-0.39, 0.29) is 11.5 Å². The van der Waals surface area contributed by atoms with Gasteiger partial charge >= 0.3 is 0 Å². The number of pyridine rings is 1. The van der Waals surface area contributed by atoms with Crippen LogP contribution >= 0.6 is 11.6 Å². The summed E-state index contributed by atoms with van der Waals surface area (Å²) in [5.41, 5.74) is 0.572. The SMILES string of the molecule is C=C/C=C/C(=O)Nc1ccc(OC)cc1C(=O)Nc1ccc(Cl)cn1. The molecule has 2 N–H and O–H groups in total. The molecule has 1 aromatic heterocycles. The van der Waals surface area contributed by atoms with Gasteiger partial charge in [0.2, 0.25) is 5.91 Å². The van der Waals surface area contributed by atoms with Gasteiger partial charge in [0.15, 0.2) is 0 Å². The number of nitrogens with one attached hydrogen (secondary N) is 2. The van der Waals surface area contributed by atoms with Gasteiger partial charge in [-0.25, -0.2) is 4.98 Å². The quantitative estimate of drug-likeness (QED) is 0.610. The largest absolute Gasteiger partial charge is 0.497 e. The van der Waals surface area contributed by atoms with Crippen molar-refractivity contribution in [3.05, 3.63) is 71.9 Å². The molecule has 25 heavy (non-hydrogen) atoms. The molecule has 0 unspecified atom stereocenters. The third kappa shape index (κ3) is 5.19. The molecule has 128 valence electrons. The fourth-order valence-electron chi connectivity index (χ4n) is 1.91. The first-order valence-corrected chi connectivity index (χ1v) is 7.62. The van der Waals surface area contributed by atoms with E-state index in [9.17, 15) is 9.59 Å². The Balaban J connectivity index is 2.27. The minimum absolute atomic E-state index is 0.233. The molecule has 0 fully saturated rings. The molecule has 7 heteroatoms. The topological polar surface area (TPSA) is 80.3 Å². The minimum Gasteiger partial charge on any atom is -0.497 e. The zero-order chi connectivity index (χ0) is 18.2. The number of hydrogen-bond acceptors (Lipinski definition) is 4. The normalized spacial score (nSPS) is 10.3. The summed E-state index contributed by atoms with van der Waals surface area (Å²) in [6.07, 6.45) is 5.70. The Morgan fingerprint density at radius 1 is 1.24 bits per heavy atom. The Kier molecular flexibility index (Phi) is 6.31. The molecule has 0 saturated heterocycles. The molecule has 6 nitrogen and oxygen atoms in total. The molecule has 1 heterocycles. The summed E-state index contributed by atoms with van der Waals surface area (Å²) in [7, 11) is 1.49. The van der Waals surface area contributed by atoms with Crippen molar-refractivity contribution in [1.82, 2.24) is 4.98 Å². The van der Waals surface area contributed by atoms with Crippen LogP contribution in [0.25, 0.3) is 0 Å². The van der Waals surface area contributed by atoms with Gasteiger partial charge in [0, 0.05) is 12.3 Å². The lowest BCUT2D eigenvalue weighted by atomic mass is 10.1. The standard InChI is InChI=1S/C18H16ClN3O3/c1-3-4-5-17(23)21-15-8-7-13(25-2)10-14(15)18(24)22-16-9-6-12(19)11-20-16/h3-11H,1H2,2H3,(H,21,23)(H,20,22,24)/b5-4+. The van der Waals surface area contributed by atoms with Crippen LogP contribution in [0.15, 0.2) is 61.3 Å². The number of halogens is 1. The Morgan fingerprint density at radius 2 is 2.04 bits per heavy atom. The first-order valence-electron chi connectivity index (χ1n) is 7.24. The molecule has 0 aliphatic carbocycles. The highest BCUT2D eigenvalue weighted by Gasteiger charge is 2.15. The fraction of sp³-hybridized carbons (Fsp3) is 0.0556. The molecule has 0 radical (unpaired) electrons. The average Bonchev–Trinajstić information content (AvgIpc) is 2.62. The third-order valence-electron chi connectivity index (χ3n) is 3.08. The molecule has 0 spiro atoms. The van der Waals surface area contributed by atoms with Crippen molar-refractivity contribution < 1.29 is 14.3 Å². The van der Waals surface area contributed by atoms with Crippen molar-refractivity contribution in [2.45, 2.75) is 0 Å². The molecule has 0 saturated carbocycles. The van der Waals surface area contributed by atoms with Crippen molar-refractivity contribution in [2.75, 3.05) is 17.7 Å². The van der Waals surface area contributed by atoms with E-state index in [2.05, 4.69) is 22.2 Å². The van der Waals surface area contributed by atoms with E-state index in [4.69, 9.17) is 16.3 Å². The Labute approximate surface area is 150 Å². The number of carbonyl (C=O) groups excluding carboxylic acids is 2. The van der Waals surface area contributed by atoms with Gasteiger partial charge in [0.1, 0.15) is 11.6 Å².